The van der Waals surface area contributed by atoms with Crippen molar-refractivity contribution in [3.05, 3.63) is 67.7 Å². The third-order valence-corrected chi connectivity index (χ3v) is 4.72. The molecular formula is C16H16ClIO2. The second kappa shape index (κ2) is 7.41. The molecule has 0 amide bonds. The lowest BCUT2D eigenvalue weighted by atomic mass is 10.00. The van der Waals surface area contributed by atoms with Gasteiger partial charge in [0.25, 0.3) is 0 Å². The molecule has 2 aromatic rings. The third-order valence-electron chi connectivity index (χ3n) is 3.15. The molecule has 0 aliphatic heterocycles. The second-order valence-corrected chi connectivity index (χ2v) is 6.13. The van der Waals surface area contributed by atoms with Crippen LogP contribution in [-0.2, 0) is 11.2 Å². The summed E-state index contributed by atoms with van der Waals surface area (Å²) in [5.41, 5.74) is 2.87. The molecule has 0 aromatic heterocycles. The Kier molecular flexibility index (Phi) is 5.84. The molecule has 1 unspecified atom stereocenters. The molecule has 0 bridgehead atoms. The van der Waals surface area contributed by atoms with Gasteiger partial charge < -0.3 is 9.84 Å². The summed E-state index contributed by atoms with van der Waals surface area (Å²) in [5, 5.41) is 11.1. The standard InChI is InChI=1S/C16H16ClIO2/c1-20-9-8-11-2-4-12(5-3-11)16(19)13-6-7-15(18)14(17)10-13/h2-7,10,16,19H,8-9H2,1H3. The Morgan fingerprint density at radius 3 is 2.40 bits per heavy atom. The zero-order chi connectivity index (χ0) is 14.5. The Hall–Kier alpha value is -0.620. The molecule has 0 saturated carbocycles. The van der Waals surface area contributed by atoms with Gasteiger partial charge >= 0.3 is 0 Å². The zero-order valence-corrected chi connectivity index (χ0v) is 14.1. The lowest BCUT2D eigenvalue weighted by Gasteiger charge is -2.13. The summed E-state index contributed by atoms with van der Waals surface area (Å²) in [6.45, 7) is 0.703. The Morgan fingerprint density at radius 1 is 1.15 bits per heavy atom. The van der Waals surface area contributed by atoms with E-state index in [0.717, 1.165) is 21.1 Å². The van der Waals surface area contributed by atoms with Gasteiger partial charge in [0.05, 0.1) is 11.6 Å². The summed E-state index contributed by atoms with van der Waals surface area (Å²) in [6.07, 6.45) is 0.225. The van der Waals surface area contributed by atoms with Crippen LogP contribution in [0.1, 0.15) is 22.8 Å². The summed E-state index contributed by atoms with van der Waals surface area (Å²) in [5.74, 6) is 0. The van der Waals surface area contributed by atoms with Crippen LogP contribution in [0.2, 0.25) is 5.02 Å². The molecule has 2 rings (SSSR count). The van der Waals surface area contributed by atoms with Crippen molar-refractivity contribution < 1.29 is 9.84 Å². The van der Waals surface area contributed by atoms with Crippen LogP contribution in [0.15, 0.2) is 42.5 Å². The SMILES string of the molecule is COCCc1ccc(C(O)c2ccc(I)c(Cl)c2)cc1. The molecule has 0 radical (unpaired) electrons. The molecule has 20 heavy (non-hydrogen) atoms. The first-order valence-electron chi connectivity index (χ1n) is 6.32. The zero-order valence-electron chi connectivity index (χ0n) is 11.1. The van der Waals surface area contributed by atoms with Crippen LogP contribution in [0.4, 0.5) is 0 Å². The lowest BCUT2D eigenvalue weighted by Crippen LogP contribution is -2.01. The molecule has 2 nitrogen and oxygen atoms in total. The average molecular weight is 403 g/mol. The Morgan fingerprint density at radius 2 is 1.80 bits per heavy atom. The quantitative estimate of drug-likeness (QED) is 0.759. The fraction of sp³-hybridized carbons (Fsp3) is 0.250. The number of aliphatic hydroxyl groups is 1. The van der Waals surface area contributed by atoms with E-state index in [4.69, 9.17) is 16.3 Å². The molecule has 1 atom stereocenters. The van der Waals surface area contributed by atoms with Gasteiger partial charge in [-0.25, -0.2) is 0 Å². The number of benzene rings is 2. The minimum atomic E-state index is -0.652. The maximum absolute atomic E-state index is 10.4. The Labute approximate surface area is 137 Å². The van der Waals surface area contributed by atoms with E-state index in [1.165, 1.54) is 5.56 Å². The molecular weight excluding hydrogens is 387 g/mol. The Balaban J connectivity index is 2.15. The van der Waals surface area contributed by atoms with Crippen LogP contribution in [0, 0.1) is 3.57 Å². The largest absolute Gasteiger partial charge is 0.384 e. The van der Waals surface area contributed by atoms with Crippen molar-refractivity contribution in [2.45, 2.75) is 12.5 Å². The minimum Gasteiger partial charge on any atom is -0.384 e. The van der Waals surface area contributed by atoms with Crippen molar-refractivity contribution in [2.75, 3.05) is 13.7 Å². The number of hydrogen-bond acceptors (Lipinski definition) is 2. The van der Waals surface area contributed by atoms with Crippen molar-refractivity contribution in [3.8, 4) is 0 Å². The van der Waals surface area contributed by atoms with E-state index in [-0.39, 0.29) is 0 Å². The fourth-order valence-electron chi connectivity index (χ4n) is 1.96. The molecule has 0 aliphatic carbocycles. The molecule has 0 saturated heterocycles. The van der Waals surface area contributed by atoms with Crippen molar-refractivity contribution in [2.24, 2.45) is 0 Å². The first-order valence-corrected chi connectivity index (χ1v) is 7.78. The van der Waals surface area contributed by atoms with Gasteiger partial charge in [-0.15, -0.1) is 0 Å². The van der Waals surface area contributed by atoms with Gasteiger partial charge in [0, 0.05) is 10.7 Å². The van der Waals surface area contributed by atoms with Crippen LogP contribution in [0.3, 0.4) is 0 Å². The predicted molar refractivity (Wildman–Crippen MR) is 90.3 cm³/mol. The van der Waals surface area contributed by atoms with Gasteiger partial charge in [-0.05, 0) is 57.8 Å². The number of ether oxygens (including phenoxy) is 1. The topological polar surface area (TPSA) is 29.5 Å². The highest BCUT2D eigenvalue weighted by molar-refractivity contribution is 14.1. The predicted octanol–water partition coefficient (Wildman–Crippen LogP) is 4.22. The lowest BCUT2D eigenvalue weighted by molar-refractivity contribution is 0.202. The number of halogens is 2. The summed E-state index contributed by atoms with van der Waals surface area (Å²) in [7, 11) is 1.69. The van der Waals surface area contributed by atoms with Crippen molar-refractivity contribution in [3.63, 3.8) is 0 Å². The van der Waals surface area contributed by atoms with E-state index in [9.17, 15) is 5.11 Å². The van der Waals surface area contributed by atoms with Gasteiger partial charge in [0.1, 0.15) is 6.10 Å². The van der Waals surface area contributed by atoms with E-state index < -0.39 is 6.10 Å². The minimum absolute atomic E-state index is 0.652. The van der Waals surface area contributed by atoms with Crippen molar-refractivity contribution in [1.29, 1.82) is 0 Å². The average Bonchev–Trinajstić information content (AvgIpc) is 2.48. The van der Waals surface area contributed by atoms with Crippen LogP contribution >= 0.6 is 34.2 Å². The normalized spacial score (nSPS) is 12.4. The fourth-order valence-corrected chi connectivity index (χ4v) is 2.49. The van der Waals surface area contributed by atoms with Crippen LogP contribution in [0.5, 0.6) is 0 Å². The van der Waals surface area contributed by atoms with Gasteiger partial charge in [0.2, 0.25) is 0 Å². The molecule has 1 N–H and O–H groups in total. The van der Waals surface area contributed by atoms with E-state index in [1.807, 2.05) is 42.5 Å². The van der Waals surface area contributed by atoms with Crippen molar-refractivity contribution >= 4 is 34.2 Å². The second-order valence-electron chi connectivity index (χ2n) is 4.56. The maximum Gasteiger partial charge on any atom is 0.104 e. The van der Waals surface area contributed by atoms with E-state index in [0.29, 0.717) is 11.6 Å². The van der Waals surface area contributed by atoms with Gasteiger partial charge in [0.15, 0.2) is 0 Å². The molecule has 0 fully saturated rings. The maximum atomic E-state index is 10.4. The van der Waals surface area contributed by atoms with E-state index in [2.05, 4.69) is 22.6 Å². The summed E-state index contributed by atoms with van der Waals surface area (Å²) >= 11 is 8.27. The molecule has 106 valence electrons. The molecule has 4 heteroatoms. The summed E-state index contributed by atoms with van der Waals surface area (Å²) in [4.78, 5) is 0. The molecule has 0 aliphatic rings. The Bertz CT molecular complexity index is 569. The van der Waals surface area contributed by atoms with Gasteiger partial charge in [-0.2, -0.15) is 0 Å². The van der Waals surface area contributed by atoms with Gasteiger partial charge in [-0.3, -0.25) is 0 Å². The molecule has 0 heterocycles. The van der Waals surface area contributed by atoms with Crippen LogP contribution < -0.4 is 0 Å². The first-order chi connectivity index (χ1) is 9.61. The number of aliphatic hydroxyl groups excluding tert-OH is 1. The highest BCUT2D eigenvalue weighted by Gasteiger charge is 2.11. The summed E-state index contributed by atoms with van der Waals surface area (Å²) < 4.78 is 6.03. The smallest absolute Gasteiger partial charge is 0.104 e. The molecule has 0 spiro atoms. The van der Waals surface area contributed by atoms with Crippen LogP contribution in [0.25, 0.3) is 0 Å². The number of rotatable bonds is 5. The number of methoxy groups -OCH3 is 1. The van der Waals surface area contributed by atoms with Crippen molar-refractivity contribution in [1.82, 2.24) is 0 Å². The highest BCUT2D eigenvalue weighted by atomic mass is 127. The third kappa shape index (κ3) is 3.95. The van der Waals surface area contributed by atoms with Crippen LogP contribution in [-0.4, -0.2) is 18.8 Å². The highest BCUT2D eigenvalue weighted by Crippen LogP contribution is 2.27. The molecule has 2 aromatic carbocycles. The monoisotopic (exact) mass is 402 g/mol. The first kappa shape index (κ1) is 15.8. The number of hydrogen-bond donors (Lipinski definition) is 1. The van der Waals surface area contributed by atoms with Gasteiger partial charge in [-0.1, -0.05) is 41.9 Å². The summed E-state index contributed by atoms with van der Waals surface area (Å²) in [6, 6.07) is 13.6. The van der Waals surface area contributed by atoms with E-state index in [1.54, 1.807) is 7.11 Å². The van der Waals surface area contributed by atoms with E-state index >= 15 is 0 Å².